The zero-order chi connectivity index (χ0) is 17.3. The highest BCUT2D eigenvalue weighted by molar-refractivity contribution is 7.99. The van der Waals surface area contributed by atoms with E-state index < -0.39 is 7.75 Å². The second-order valence-electron chi connectivity index (χ2n) is 4.95. The van der Waals surface area contributed by atoms with Crippen LogP contribution in [-0.2, 0) is 9.09 Å². The van der Waals surface area contributed by atoms with E-state index in [-0.39, 0.29) is 0 Å². The molecule has 0 amide bonds. The Bertz CT molecular complexity index is 597. The van der Waals surface area contributed by atoms with Gasteiger partial charge in [-0.05, 0) is 24.3 Å². The van der Waals surface area contributed by atoms with Crippen molar-refractivity contribution in [3.05, 3.63) is 60.7 Å². The first-order valence-corrected chi connectivity index (χ1v) is 11.1. The van der Waals surface area contributed by atoms with Gasteiger partial charge in [-0.1, -0.05) is 36.4 Å². The summed E-state index contributed by atoms with van der Waals surface area (Å²) in [4.78, 5) is 12.3. The first-order chi connectivity index (χ1) is 11.6. The molecule has 2 aromatic rings. The molecule has 24 heavy (non-hydrogen) atoms. The molecule has 130 valence electrons. The van der Waals surface area contributed by atoms with Crippen LogP contribution in [0.1, 0.15) is 0 Å². The molecule has 0 saturated heterocycles. The fourth-order valence-electron chi connectivity index (χ4n) is 2.05. The zero-order valence-electron chi connectivity index (χ0n) is 13.6. The lowest BCUT2D eigenvalue weighted by atomic mass is 10.4. The monoisotopic (exact) mass is 383 g/mol. The largest absolute Gasteiger partial charge is 0.405 e. The van der Waals surface area contributed by atoms with E-state index in [2.05, 4.69) is 0 Å². The van der Waals surface area contributed by atoms with Crippen molar-refractivity contribution >= 4 is 31.3 Å². The van der Waals surface area contributed by atoms with Crippen LogP contribution in [0.4, 0.5) is 0 Å². The Kier molecular flexibility index (Phi) is 8.39. The molecule has 0 aliphatic heterocycles. The lowest BCUT2D eigenvalue weighted by molar-refractivity contribution is 0.245. The molecular formula is C17H22NO3PS2. The number of hydrogen-bond donors (Lipinski definition) is 1. The number of nitrogens with zero attached hydrogens (tertiary/aromatic N) is 1. The van der Waals surface area contributed by atoms with E-state index in [0.29, 0.717) is 13.1 Å². The first kappa shape index (κ1) is 19.6. The lowest BCUT2D eigenvalue weighted by Crippen LogP contribution is -2.26. The normalized spacial score (nSPS) is 13.8. The third-order valence-corrected chi connectivity index (χ3v) is 6.89. The van der Waals surface area contributed by atoms with Gasteiger partial charge < -0.3 is 9.42 Å². The van der Waals surface area contributed by atoms with Crippen LogP contribution in [-0.4, -0.2) is 41.3 Å². The first-order valence-electron chi connectivity index (χ1n) is 7.61. The van der Waals surface area contributed by atoms with Gasteiger partial charge in [0.1, 0.15) is 0 Å². The Morgan fingerprint density at radius 1 is 0.917 bits per heavy atom. The van der Waals surface area contributed by atoms with Gasteiger partial charge in [-0.3, -0.25) is 0 Å². The predicted molar refractivity (Wildman–Crippen MR) is 103 cm³/mol. The number of hydrogen-bond acceptors (Lipinski definition) is 4. The summed E-state index contributed by atoms with van der Waals surface area (Å²) in [5, 5.41) is 0. The van der Waals surface area contributed by atoms with E-state index in [1.54, 1.807) is 28.2 Å². The number of thioether (sulfide) groups is 2. The van der Waals surface area contributed by atoms with Crippen molar-refractivity contribution < 1.29 is 14.0 Å². The van der Waals surface area contributed by atoms with Crippen molar-refractivity contribution in [2.24, 2.45) is 0 Å². The van der Waals surface area contributed by atoms with Gasteiger partial charge in [-0.25, -0.2) is 9.24 Å². The molecule has 1 unspecified atom stereocenters. The van der Waals surface area contributed by atoms with E-state index in [1.165, 1.54) is 7.11 Å². The van der Waals surface area contributed by atoms with E-state index in [9.17, 15) is 9.46 Å². The highest BCUT2D eigenvalue weighted by atomic mass is 32.2. The minimum Gasteiger partial charge on any atom is -0.312 e. The van der Waals surface area contributed by atoms with E-state index >= 15 is 0 Å². The Balaban J connectivity index is 1.84. The summed E-state index contributed by atoms with van der Waals surface area (Å²) in [5.41, 5.74) is 0. The van der Waals surface area contributed by atoms with Crippen molar-refractivity contribution in [2.45, 2.75) is 9.79 Å². The molecule has 0 aromatic heterocycles. The summed E-state index contributed by atoms with van der Waals surface area (Å²) in [6, 6.07) is 20.1. The maximum atomic E-state index is 12.2. The van der Waals surface area contributed by atoms with Crippen LogP contribution >= 0.6 is 31.3 Å². The molecule has 7 heteroatoms. The SMILES string of the molecule is COP(=O)(O)N(CCSc1ccccc1)CCSc1ccccc1. The topological polar surface area (TPSA) is 49.8 Å². The molecule has 0 heterocycles. The van der Waals surface area contributed by atoms with Crippen LogP contribution in [0.3, 0.4) is 0 Å². The quantitative estimate of drug-likeness (QED) is 0.477. The van der Waals surface area contributed by atoms with Gasteiger partial charge in [0.05, 0.1) is 0 Å². The molecule has 2 aromatic carbocycles. The molecule has 0 radical (unpaired) electrons. The van der Waals surface area contributed by atoms with Crippen molar-refractivity contribution in [3.63, 3.8) is 0 Å². The van der Waals surface area contributed by atoms with Gasteiger partial charge in [0.2, 0.25) is 0 Å². The van der Waals surface area contributed by atoms with Crippen LogP contribution in [0.25, 0.3) is 0 Å². The summed E-state index contributed by atoms with van der Waals surface area (Å²) in [6.07, 6.45) is 0. The van der Waals surface area contributed by atoms with Gasteiger partial charge in [-0.2, -0.15) is 0 Å². The number of rotatable bonds is 10. The Hall–Kier alpha value is -0.750. The van der Waals surface area contributed by atoms with Crippen LogP contribution < -0.4 is 0 Å². The Labute approximate surface area is 152 Å². The van der Waals surface area contributed by atoms with E-state index in [1.807, 2.05) is 60.7 Å². The summed E-state index contributed by atoms with van der Waals surface area (Å²) in [6.45, 7) is 0.993. The predicted octanol–water partition coefficient (Wildman–Crippen LogP) is 4.62. The van der Waals surface area contributed by atoms with E-state index in [0.717, 1.165) is 21.3 Å². The molecule has 2 rings (SSSR count). The molecule has 0 bridgehead atoms. The molecule has 0 saturated carbocycles. The van der Waals surface area contributed by atoms with E-state index in [4.69, 9.17) is 4.52 Å². The number of benzene rings is 2. The van der Waals surface area contributed by atoms with Crippen LogP contribution in [0.2, 0.25) is 0 Å². The molecule has 1 atom stereocenters. The average molecular weight is 383 g/mol. The fourth-order valence-corrected chi connectivity index (χ4v) is 5.05. The third kappa shape index (κ3) is 6.63. The average Bonchev–Trinajstić information content (AvgIpc) is 2.62. The Morgan fingerprint density at radius 3 is 1.71 bits per heavy atom. The second kappa shape index (κ2) is 10.3. The lowest BCUT2D eigenvalue weighted by Gasteiger charge is -2.25. The standard InChI is InChI=1S/C17H22NO3PS2/c1-21-22(19,20)18(12-14-23-16-8-4-2-5-9-16)13-15-24-17-10-6-3-7-11-17/h2-11H,12-15H2,1H3,(H,19,20). The molecule has 4 nitrogen and oxygen atoms in total. The fraction of sp³-hybridized carbons (Fsp3) is 0.294. The minimum absolute atomic E-state index is 0.497. The van der Waals surface area contributed by atoms with Gasteiger partial charge in [0.15, 0.2) is 0 Å². The van der Waals surface area contributed by atoms with Gasteiger partial charge in [0.25, 0.3) is 0 Å². The molecule has 1 N–H and O–H groups in total. The van der Waals surface area contributed by atoms with Gasteiger partial charge in [0, 0.05) is 41.5 Å². The van der Waals surface area contributed by atoms with Crippen molar-refractivity contribution in [1.82, 2.24) is 4.67 Å². The summed E-state index contributed by atoms with van der Waals surface area (Å²) in [7, 11) is -2.44. The highest BCUT2D eigenvalue weighted by Gasteiger charge is 2.27. The minimum atomic E-state index is -3.72. The summed E-state index contributed by atoms with van der Waals surface area (Å²) >= 11 is 3.34. The van der Waals surface area contributed by atoms with Crippen LogP contribution in [0.5, 0.6) is 0 Å². The van der Waals surface area contributed by atoms with Gasteiger partial charge in [-0.15, -0.1) is 23.5 Å². The summed E-state index contributed by atoms with van der Waals surface area (Å²) < 4.78 is 18.6. The second-order valence-corrected chi connectivity index (χ2v) is 9.20. The molecular weight excluding hydrogens is 361 g/mol. The maximum absolute atomic E-state index is 12.2. The molecule has 0 aliphatic rings. The molecule has 0 fully saturated rings. The van der Waals surface area contributed by atoms with Crippen LogP contribution in [0, 0.1) is 0 Å². The smallest absolute Gasteiger partial charge is 0.312 e. The van der Waals surface area contributed by atoms with Crippen molar-refractivity contribution in [3.8, 4) is 0 Å². The van der Waals surface area contributed by atoms with Gasteiger partial charge >= 0.3 is 7.75 Å². The zero-order valence-corrected chi connectivity index (χ0v) is 16.1. The van der Waals surface area contributed by atoms with Crippen molar-refractivity contribution in [1.29, 1.82) is 0 Å². The highest BCUT2D eigenvalue weighted by Crippen LogP contribution is 2.45. The summed E-state index contributed by atoms with van der Waals surface area (Å²) in [5.74, 6) is 1.46. The maximum Gasteiger partial charge on any atom is 0.405 e. The molecule has 0 spiro atoms. The molecule has 0 aliphatic carbocycles. The Morgan fingerprint density at radius 2 is 1.33 bits per heavy atom. The third-order valence-electron chi connectivity index (χ3n) is 3.32. The van der Waals surface area contributed by atoms with Crippen LogP contribution in [0.15, 0.2) is 70.5 Å². The van der Waals surface area contributed by atoms with Crippen molar-refractivity contribution in [2.75, 3.05) is 31.7 Å².